The van der Waals surface area contributed by atoms with Gasteiger partial charge in [0.1, 0.15) is 0 Å². The first kappa shape index (κ1) is 23.5. The highest BCUT2D eigenvalue weighted by Crippen LogP contribution is 2.34. The van der Waals surface area contributed by atoms with Crippen LogP contribution in [0.15, 0.2) is 73.3 Å². The van der Waals surface area contributed by atoms with Crippen LogP contribution in [0.5, 0.6) is 0 Å². The summed E-state index contributed by atoms with van der Waals surface area (Å²) in [4.78, 5) is 0. The second kappa shape index (κ2) is 13.3. The summed E-state index contributed by atoms with van der Waals surface area (Å²) in [5.41, 5.74) is 5.63. The van der Waals surface area contributed by atoms with E-state index < -0.39 is 0 Å². The second-order valence-electron chi connectivity index (χ2n) is 9.17. The first-order chi connectivity index (χ1) is 15.3. The van der Waals surface area contributed by atoms with Crippen molar-refractivity contribution < 1.29 is 4.74 Å². The first-order valence-electron chi connectivity index (χ1n) is 12.2. The average molecular weight is 417 g/mol. The van der Waals surface area contributed by atoms with Crippen molar-refractivity contribution in [1.29, 1.82) is 0 Å². The smallest absolute Gasteiger partial charge is 0.0721 e. The molecule has 1 saturated carbocycles. The molecule has 2 aromatic rings. The quantitative estimate of drug-likeness (QED) is 0.252. The molecular formula is C30H40O. The zero-order chi connectivity index (χ0) is 21.7. The van der Waals surface area contributed by atoms with Gasteiger partial charge in [0.15, 0.2) is 0 Å². The SMILES string of the molecule is C=CCOCc1ccc(CC[C@H]2CC[C@H](CCc3ccc(CC=CC)cc3)CC2)cc1. The highest BCUT2D eigenvalue weighted by Gasteiger charge is 2.20. The van der Waals surface area contributed by atoms with Gasteiger partial charge in [0.25, 0.3) is 0 Å². The molecule has 0 spiro atoms. The van der Waals surface area contributed by atoms with Crippen LogP contribution in [-0.4, -0.2) is 6.61 Å². The van der Waals surface area contributed by atoms with E-state index in [-0.39, 0.29) is 0 Å². The fourth-order valence-corrected chi connectivity index (χ4v) is 4.71. The number of ether oxygens (including phenoxy) is 1. The Balaban J connectivity index is 1.32. The lowest BCUT2D eigenvalue weighted by Crippen LogP contribution is -2.15. The van der Waals surface area contributed by atoms with Gasteiger partial charge in [0.2, 0.25) is 0 Å². The minimum atomic E-state index is 0.619. The standard InChI is InChI=1S/C30H40O/c1-3-5-6-25-7-9-26(10-8-25)11-12-27-13-15-28(16-14-27)17-18-29-19-21-30(22-20-29)24-31-23-4-2/h3-5,7-10,19-22,27-28H,2,6,11-18,23-24H2,1H3/t27-,28-. The summed E-state index contributed by atoms with van der Waals surface area (Å²) in [5.74, 6) is 1.84. The Morgan fingerprint density at radius 1 is 0.774 bits per heavy atom. The van der Waals surface area contributed by atoms with E-state index in [2.05, 4.69) is 74.2 Å². The Morgan fingerprint density at radius 2 is 1.26 bits per heavy atom. The van der Waals surface area contributed by atoms with Crippen molar-refractivity contribution in [3.63, 3.8) is 0 Å². The zero-order valence-corrected chi connectivity index (χ0v) is 19.4. The molecule has 1 fully saturated rings. The molecule has 166 valence electrons. The highest BCUT2D eigenvalue weighted by molar-refractivity contribution is 5.24. The van der Waals surface area contributed by atoms with E-state index in [1.165, 1.54) is 73.6 Å². The van der Waals surface area contributed by atoms with Crippen LogP contribution in [-0.2, 0) is 30.6 Å². The van der Waals surface area contributed by atoms with Gasteiger partial charge in [-0.25, -0.2) is 0 Å². The molecule has 0 unspecified atom stereocenters. The largest absolute Gasteiger partial charge is 0.373 e. The Bertz CT molecular complexity index is 776. The molecule has 0 atom stereocenters. The number of hydrogen-bond acceptors (Lipinski definition) is 1. The van der Waals surface area contributed by atoms with Crippen LogP contribution in [0.25, 0.3) is 0 Å². The van der Waals surface area contributed by atoms with Crippen molar-refractivity contribution in [2.75, 3.05) is 6.61 Å². The van der Waals surface area contributed by atoms with Gasteiger partial charge < -0.3 is 4.74 Å². The van der Waals surface area contributed by atoms with E-state index >= 15 is 0 Å². The lowest BCUT2D eigenvalue weighted by Gasteiger charge is -2.28. The van der Waals surface area contributed by atoms with E-state index in [4.69, 9.17) is 4.74 Å². The summed E-state index contributed by atoms with van der Waals surface area (Å²) < 4.78 is 5.52. The fraction of sp³-hybridized carbons (Fsp3) is 0.467. The summed E-state index contributed by atoms with van der Waals surface area (Å²) in [6, 6.07) is 18.2. The Hall–Kier alpha value is -2.12. The van der Waals surface area contributed by atoms with Crippen LogP contribution in [0.4, 0.5) is 0 Å². The lowest BCUT2D eigenvalue weighted by molar-refractivity contribution is 0.149. The minimum Gasteiger partial charge on any atom is -0.373 e. The van der Waals surface area contributed by atoms with Gasteiger partial charge in [-0.2, -0.15) is 0 Å². The molecule has 1 nitrogen and oxygen atoms in total. The Labute approximate surface area is 190 Å². The van der Waals surface area contributed by atoms with Crippen molar-refractivity contribution in [3.05, 3.63) is 95.6 Å². The van der Waals surface area contributed by atoms with Crippen LogP contribution < -0.4 is 0 Å². The third kappa shape index (κ3) is 8.50. The molecule has 0 heterocycles. The first-order valence-corrected chi connectivity index (χ1v) is 12.2. The van der Waals surface area contributed by atoms with Crippen molar-refractivity contribution in [2.24, 2.45) is 11.8 Å². The third-order valence-corrected chi connectivity index (χ3v) is 6.79. The molecule has 0 radical (unpaired) electrons. The molecule has 1 aliphatic rings. The molecule has 1 aliphatic carbocycles. The zero-order valence-electron chi connectivity index (χ0n) is 19.4. The summed E-state index contributed by atoms with van der Waals surface area (Å²) in [7, 11) is 0. The number of aryl methyl sites for hydroxylation is 2. The van der Waals surface area contributed by atoms with Gasteiger partial charge in [-0.05, 0) is 73.1 Å². The summed E-state index contributed by atoms with van der Waals surface area (Å²) in [6.07, 6.45) is 18.0. The van der Waals surface area contributed by atoms with Crippen LogP contribution in [0, 0.1) is 11.8 Å². The minimum absolute atomic E-state index is 0.619. The number of hydrogen-bond donors (Lipinski definition) is 0. The van der Waals surface area contributed by atoms with Crippen LogP contribution in [0.2, 0.25) is 0 Å². The molecule has 0 bridgehead atoms. The third-order valence-electron chi connectivity index (χ3n) is 6.79. The molecule has 0 aromatic heterocycles. The van der Waals surface area contributed by atoms with Gasteiger partial charge in [-0.1, -0.05) is 92.4 Å². The molecule has 2 aromatic carbocycles. The topological polar surface area (TPSA) is 9.23 Å². The van der Waals surface area contributed by atoms with E-state index in [9.17, 15) is 0 Å². The second-order valence-corrected chi connectivity index (χ2v) is 9.17. The molecule has 1 heteroatoms. The van der Waals surface area contributed by atoms with Crippen molar-refractivity contribution in [2.45, 2.75) is 71.3 Å². The maximum absolute atomic E-state index is 5.52. The maximum atomic E-state index is 5.52. The Morgan fingerprint density at radius 3 is 1.74 bits per heavy atom. The van der Waals surface area contributed by atoms with Crippen molar-refractivity contribution >= 4 is 0 Å². The van der Waals surface area contributed by atoms with Gasteiger partial charge >= 0.3 is 0 Å². The summed E-state index contributed by atoms with van der Waals surface area (Å²) in [5, 5.41) is 0. The van der Waals surface area contributed by atoms with E-state index in [0.29, 0.717) is 13.2 Å². The maximum Gasteiger partial charge on any atom is 0.0721 e. The van der Waals surface area contributed by atoms with Gasteiger partial charge in [-0.3, -0.25) is 0 Å². The number of rotatable bonds is 12. The van der Waals surface area contributed by atoms with E-state index in [0.717, 1.165) is 18.3 Å². The van der Waals surface area contributed by atoms with E-state index in [1.807, 2.05) is 0 Å². The summed E-state index contributed by atoms with van der Waals surface area (Å²) in [6.45, 7) is 7.07. The molecule has 0 aliphatic heterocycles. The monoisotopic (exact) mass is 416 g/mol. The molecule has 31 heavy (non-hydrogen) atoms. The normalized spacial score (nSPS) is 19.0. The Kier molecular flexibility index (Phi) is 10.1. The molecule has 0 amide bonds. The number of benzene rings is 2. The van der Waals surface area contributed by atoms with E-state index in [1.54, 1.807) is 6.08 Å². The van der Waals surface area contributed by atoms with Crippen LogP contribution >= 0.6 is 0 Å². The van der Waals surface area contributed by atoms with Gasteiger partial charge in [-0.15, -0.1) is 6.58 Å². The molecular weight excluding hydrogens is 376 g/mol. The molecule has 3 rings (SSSR count). The van der Waals surface area contributed by atoms with Crippen molar-refractivity contribution in [1.82, 2.24) is 0 Å². The molecule has 0 saturated heterocycles. The summed E-state index contributed by atoms with van der Waals surface area (Å²) >= 11 is 0. The lowest BCUT2D eigenvalue weighted by atomic mass is 9.77. The average Bonchev–Trinajstić information content (AvgIpc) is 2.82. The fourth-order valence-electron chi connectivity index (χ4n) is 4.71. The number of allylic oxidation sites excluding steroid dienone is 2. The highest BCUT2D eigenvalue weighted by atomic mass is 16.5. The molecule has 0 N–H and O–H groups in total. The van der Waals surface area contributed by atoms with Gasteiger partial charge in [0.05, 0.1) is 13.2 Å². The predicted octanol–water partition coefficient (Wildman–Crippen LogP) is 7.88. The predicted molar refractivity (Wildman–Crippen MR) is 133 cm³/mol. The van der Waals surface area contributed by atoms with Crippen LogP contribution in [0.1, 0.15) is 67.7 Å². The van der Waals surface area contributed by atoms with Crippen molar-refractivity contribution in [3.8, 4) is 0 Å². The van der Waals surface area contributed by atoms with Crippen LogP contribution in [0.3, 0.4) is 0 Å². The van der Waals surface area contributed by atoms with Gasteiger partial charge in [0, 0.05) is 0 Å².